The van der Waals surface area contributed by atoms with Gasteiger partial charge < -0.3 is 10.2 Å². The second-order valence-corrected chi connectivity index (χ2v) is 4.48. The highest BCUT2D eigenvalue weighted by atomic mass is 79.9. The van der Waals surface area contributed by atoms with Crippen molar-refractivity contribution >= 4 is 52.1 Å². The number of halogens is 3. The molecule has 0 saturated carbocycles. The first-order valence-electron chi connectivity index (χ1n) is 5.08. The minimum absolute atomic E-state index is 0. The molecule has 1 aromatic rings. The van der Waals surface area contributed by atoms with Gasteiger partial charge in [-0.1, -0.05) is 0 Å². The third kappa shape index (κ3) is 3.98. The molecular formula is C10H14BrCl2N3O2. The maximum absolute atomic E-state index is 10.6. The number of piperazine rings is 1. The van der Waals surface area contributed by atoms with E-state index >= 15 is 0 Å². The molecule has 0 atom stereocenters. The largest absolute Gasteiger partial charge is 0.368 e. The molecule has 8 heteroatoms. The zero-order chi connectivity index (χ0) is 11.5. The van der Waals surface area contributed by atoms with Crippen LogP contribution in [0.25, 0.3) is 0 Å². The summed E-state index contributed by atoms with van der Waals surface area (Å²) >= 11 is 3.38. The van der Waals surface area contributed by atoms with E-state index in [-0.39, 0.29) is 35.4 Å². The molecule has 1 aromatic carbocycles. The molecule has 1 aliphatic rings. The lowest BCUT2D eigenvalue weighted by Gasteiger charge is -2.30. The Hall–Kier alpha value is -0.560. The minimum atomic E-state index is -0.383. The molecule has 1 saturated heterocycles. The van der Waals surface area contributed by atoms with Crippen LogP contribution in [0, 0.1) is 10.1 Å². The van der Waals surface area contributed by atoms with Crippen LogP contribution in [0.3, 0.4) is 0 Å². The number of nitrogens with one attached hydrogen (secondary N) is 1. The fourth-order valence-electron chi connectivity index (χ4n) is 1.77. The standard InChI is InChI=1S/C10H12BrN3O2.2ClH/c11-9-7-8(14(15)16)1-2-10(9)13-5-3-12-4-6-13;;/h1-2,7,12H,3-6H2;2*1H. The van der Waals surface area contributed by atoms with Crippen LogP contribution < -0.4 is 10.2 Å². The maximum Gasteiger partial charge on any atom is 0.270 e. The maximum atomic E-state index is 10.6. The Balaban J connectivity index is 0.00000144. The average molecular weight is 359 g/mol. The predicted octanol–water partition coefficient (Wildman–Crippen LogP) is 2.61. The third-order valence-electron chi connectivity index (χ3n) is 2.60. The number of hydrogen-bond donors (Lipinski definition) is 1. The first-order valence-corrected chi connectivity index (χ1v) is 5.87. The van der Waals surface area contributed by atoms with Crippen LogP contribution >= 0.6 is 40.7 Å². The Labute approximate surface area is 126 Å². The molecule has 0 amide bonds. The summed E-state index contributed by atoms with van der Waals surface area (Å²) in [6.45, 7) is 3.75. The summed E-state index contributed by atoms with van der Waals surface area (Å²) in [5, 5.41) is 13.9. The van der Waals surface area contributed by atoms with Gasteiger partial charge in [0.2, 0.25) is 0 Å². The third-order valence-corrected chi connectivity index (χ3v) is 3.23. The zero-order valence-corrected chi connectivity index (χ0v) is 12.7. The van der Waals surface area contributed by atoms with Crippen molar-refractivity contribution < 1.29 is 4.92 Å². The van der Waals surface area contributed by atoms with Crippen molar-refractivity contribution in [3.8, 4) is 0 Å². The van der Waals surface area contributed by atoms with Gasteiger partial charge in [0.05, 0.1) is 10.6 Å². The molecule has 0 unspecified atom stereocenters. The van der Waals surface area contributed by atoms with Crippen molar-refractivity contribution in [3.05, 3.63) is 32.8 Å². The lowest BCUT2D eigenvalue weighted by molar-refractivity contribution is -0.384. The van der Waals surface area contributed by atoms with Crippen molar-refractivity contribution in [3.63, 3.8) is 0 Å². The van der Waals surface area contributed by atoms with Crippen LogP contribution in [-0.4, -0.2) is 31.1 Å². The molecule has 1 aliphatic heterocycles. The molecule has 1 N–H and O–H groups in total. The van der Waals surface area contributed by atoms with Crippen LogP contribution in [0.5, 0.6) is 0 Å². The SMILES string of the molecule is Cl.Cl.O=[N+]([O-])c1ccc(N2CCNCC2)c(Br)c1. The van der Waals surface area contributed by atoms with Gasteiger partial charge in [-0.15, -0.1) is 24.8 Å². The summed E-state index contributed by atoms with van der Waals surface area (Å²) in [7, 11) is 0. The molecule has 0 bridgehead atoms. The lowest BCUT2D eigenvalue weighted by atomic mass is 10.2. The first-order chi connectivity index (χ1) is 7.68. The van der Waals surface area contributed by atoms with E-state index in [1.54, 1.807) is 18.2 Å². The molecular weight excluding hydrogens is 345 g/mol. The second kappa shape index (κ2) is 7.78. The highest BCUT2D eigenvalue weighted by Crippen LogP contribution is 2.30. The summed E-state index contributed by atoms with van der Waals surface area (Å²) in [5.41, 5.74) is 1.14. The molecule has 0 aliphatic carbocycles. The fraction of sp³-hybridized carbons (Fsp3) is 0.400. The average Bonchev–Trinajstić information content (AvgIpc) is 2.30. The molecule has 0 radical (unpaired) electrons. The van der Waals surface area contributed by atoms with Gasteiger partial charge in [-0.05, 0) is 22.0 Å². The van der Waals surface area contributed by atoms with Crippen LogP contribution in [0.15, 0.2) is 22.7 Å². The number of benzene rings is 1. The van der Waals surface area contributed by atoms with Crippen molar-refractivity contribution in [2.75, 3.05) is 31.1 Å². The molecule has 0 spiro atoms. The summed E-state index contributed by atoms with van der Waals surface area (Å²) in [6, 6.07) is 4.90. The van der Waals surface area contributed by atoms with Gasteiger partial charge in [-0.2, -0.15) is 0 Å². The number of hydrogen-bond acceptors (Lipinski definition) is 4. The van der Waals surface area contributed by atoms with E-state index in [0.717, 1.165) is 36.3 Å². The number of nitro groups is 1. The summed E-state index contributed by atoms with van der Waals surface area (Å²) < 4.78 is 0.781. The van der Waals surface area contributed by atoms with Gasteiger partial charge in [-0.3, -0.25) is 10.1 Å². The highest BCUT2D eigenvalue weighted by Gasteiger charge is 2.15. The van der Waals surface area contributed by atoms with Crippen molar-refractivity contribution in [1.29, 1.82) is 0 Å². The van der Waals surface area contributed by atoms with E-state index in [1.807, 2.05) is 0 Å². The summed E-state index contributed by atoms with van der Waals surface area (Å²) in [4.78, 5) is 12.4. The Morgan fingerprint density at radius 3 is 2.39 bits per heavy atom. The Bertz CT molecular complexity index is 414. The highest BCUT2D eigenvalue weighted by molar-refractivity contribution is 9.10. The molecule has 5 nitrogen and oxygen atoms in total. The topological polar surface area (TPSA) is 58.4 Å². The monoisotopic (exact) mass is 357 g/mol. The Morgan fingerprint density at radius 2 is 1.89 bits per heavy atom. The van der Waals surface area contributed by atoms with E-state index in [4.69, 9.17) is 0 Å². The fourth-order valence-corrected chi connectivity index (χ4v) is 2.39. The lowest BCUT2D eigenvalue weighted by Crippen LogP contribution is -2.43. The molecule has 1 fully saturated rings. The Morgan fingerprint density at radius 1 is 1.28 bits per heavy atom. The summed E-state index contributed by atoms with van der Waals surface area (Å²) in [5.74, 6) is 0. The van der Waals surface area contributed by atoms with E-state index in [9.17, 15) is 10.1 Å². The molecule has 1 heterocycles. The summed E-state index contributed by atoms with van der Waals surface area (Å²) in [6.07, 6.45) is 0. The van der Waals surface area contributed by atoms with Crippen LogP contribution in [0.1, 0.15) is 0 Å². The molecule has 102 valence electrons. The van der Waals surface area contributed by atoms with Gasteiger partial charge in [0.1, 0.15) is 0 Å². The van der Waals surface area contributed by atoms with E-state index in [2.05, 4.69) is 26.1 Å². The first kappa shape index (κ1) is 17.4. The van der Waals surface area contributed by atoms with Crippen LogP contribution in [0.4, 0.5) is 11.4 Å². The van der Waals surface area contributed by atoms with E-state index in [1.165, 1.54) is 0 Å². The van der Waals surface area contributed by atoms with Gasteiger partial charge >= 0.3 is 0 Å². The number of rotatable bonds is 2. The van der Waals surface area contributed by atoms with Gasteiger partial charge in [0, 0.05) is 42.8 Å². The van der Waals surface area contributed by atoms with Crippen LogP contribution in [0.2, 0.25) is 0 Å². The van der Waals surface area contributed by atoms with Crippen LogP contribution in [-0.2, 0) is 0 Å². The smallest absolute Gasteiger partial charge is 0.270 e. The second-order valence-electron chi connectivity index (χ2n) is 3.63. The van der Waals surface area contributed by atoms with Gasteiger partial charge in [0.15, 0.2) is 0 Å². The Kier molecular flexibility index (Phi) is 7.54. The molecule has 18 heavy (non-hydrogen) atoms. The zero-order valence-electron chi connectivity index (χ0n) is 9.47. The number of nitro benzene ring substituents is 1. The van der Waals surface area contributed by atoms with Crippen molar-refractivity contribution in [1.82, 2.24) is 5.32 Å². The van der Waals surface area contributed by atoms with Gasteiger partial charge in [-0.25, -0.2) is 0 Å². The van der Waals surface area contributed by atoms with Gasteiger partial charge in [0.25, 0.3) is 5.69 Å². The van der Waals surface area contributed by atoms with E-state index in [0.29, 0.717) is 0 Å². The molecule has 0 aromatic heterocycles. The quantitative estimate of drug-likeness (QED) is 0.652. The minimum Gasteiger partial charge on any atom is -0.368 e. The van der Waals surface area contributed by atoms with Crippen molar-refractivity contribution in [2.45, 2.75) is 0 Å². The predicted molar refractivity (Wildman–Crippen MR) is 80.4 cm³/mol. The van der Waals surface area contributed by atoms with E-state index < -0.39 is 0 Å². The molecule has 2 rings (SSSR count). The number of nitrogens with zero attached hydrogens (tertiary/aromatic N) is 2. The number of non-ortho nitro benzene ring substituents is 1. The normalized spacial score (nSPS) is 14.4. The van der Waals surface area contributed by atoms with Crippen molar-refractivity contribution in [2.24, 2.45) is 0 Å². The number of anilines is 1.